The van der Waals surface area contributed by atoms with Crippen LogP contribution in [-0.4, -0.2) is 44.8 Å². The Bertz CT molecular complexity index is 532. The van der Waals surface area contributed by atoms with E-state index in [1.807, 2.05) is 0 Å². The first-order chi connectivity index (χ1) is 10.1. The molecule has 2 amide bonds. The number of ether oxygens (including phenoxy) is 3. The first-order valence-electron chi connectivity index (χ1n) is 6.58. The van der Waals surface area contributed by atoms with Gasteiger partial charge in [0.25, 0.3) is 5.91 Å². The van der Waals surface area contributed by atoms with E-state index in [9.17, 15) is 9.59 Å². The van der Waals surface area contributed by atoms with Crippen LogP contribution in [0.3, 0.4) is 0 Å². The lowest BCUT2D eigenvalue weighted by Gasteiger charge is -2.23. The van der Waals surface area contributed by atoms with Gasteiger partial charge >= 0.3 is 0 Å². The van der Waals surface area contributed by atoms with Gasteiger partial charge in [-0.1, -0.05) is 0 Å². The molecule has 114 valence electrons. The minimum atomic E-state index is -0.521. The van der Waals surface area contributed by atoms with Crippen LogP contribution in [0.2, 0.25) is 0 Å². The van der Waals surface area contributed by atoms with Crippen molar-refractivity contribution in [2.45, 2.75) is 13.0 Å². The van der Waals surface area contributed by atoms with Gasteiger partial charge in [0.05, 0.1) is 18.9 Å². The van der Waals surface area contributed by atoms with Crippen LogP contribution < -0.4 is 15.4 Å². The Balaban J connectivity index is 1.91. The smallest absolute Gasteiger partial charge is 0.265 e. The van der Waals surface area contributed by atoms with Gasteiger partial charge in [-0.2, -0.15) is 0 Å². The van der Waals surface area contributed by atoms with Crippen LogP contribution in [0.4, 0.5) is 11.4 Å². The second kappa shape index (κ2) is 7.05. The maximum atomic E-state index is 11.7. The molecule has 1 aromatic carbocycles. The molecule has 0 radical (unpaired) electrons. The topological polar surface area (TPSA) is 85.9 Å². The quantitative estimate of drug-likeness (QED) is 0.765. The highest BCUT2D eigenvalue weighted by atomic mass is 16.5. The number of benzene rings is 1. The fourth-order valence-electron chi connectivity index (χ4n) is 1.79. The number of anilines is 2. The molecule has 2 N–H and O–H groups in total. The normalized spacial score (nSPS) is 16.7. The number of methoxy groups -OCH3 is 1. The minimum absolute atomic E-state index is 0.0552. The summed E-state index contributed by atoms with van der Waals surface area (Å²) in [7, 11) is 1.56. The van der Waals surface area contributed by atoms with E-state index in [2.05, 4.69) is 10.6 Å². The second-order valence-electron chi connectivity index (χ2n) is 4.55. The molecule has 7 heteroatoms. The zero-order valence-corrected chi connectivity index (χ0v) is 12.0. The molecule has 1 atom stereocenters. The van der Waals surface area contributed by atoms with Crippen LogP contribution in [0.1, 0.15) is 6.92 Å². The van der Waals surface area contributed by atoms with Crippen molar-refractivity contribution in [3.8, 4) is 5.75 Å². The largest absolute Gasteiger partial charge is 0.479 e. The number of rotatable bonds is 6. The van der Waals surface area contributed by atoms with E-state index in [0.717, 1.165) is 0 Å². The Hall–Kier alpha value is -2.12. The number of fused-ring (bicyclic) bond motifs is 1. The number of amides is 2. The summed E-state index contributed by atoms with van der Waals surface area (Å²) in [5.41, 5.74) is 1.10. The highest BCUT2D eigenvalue weighted by Crippen LogP contribution is 2.32. The molecule has 0 spiro atoms. The van der Waals surface area contributed by atoms with Crippen molar-refractivity contribution in [2.75, 3.05) is 37.6 Å². The van der Waals surface area contributed by atoms with Gasteiger partial charge in [0.1, 0.15) is 12.4 Å². The van der Waals surface area contributed by atoms with Gasteiger partial charge in [0.15, 0.2) is 6.10 Å². The second-order valence-corrected chi connectivity index (χ2v) is 4.55. The predicted molar refractivity (Wildman–Crippen MR) is 76.5 cm³/mol. The summed E-state index contributed by atoms with van der Waals surface area (Å²) in [5.74, 6) is 0.0906. The van der Waals surface area contributed by atoms with Gasteiger partial charge in [-0.15, -0.1) is 0 Å². The van der Waals surface area contributed by atoms with Crippen molar-refractivity contribution in [1.82, 2.24) is 0 Å². The molecule has 0 aliphatic carbocycles. The molecule has 0 bridgehead atoms. The van der Waals surface area contributed by atoms with Gasteiger partial charge in [0.2, 0.25) is 5.91 Å². The lowest BCUT2D eigenvalue weighted by atomic mass is 10.2. The van der Waals surface area contributed by atoms with Crippen LogP contribution in [0.5, 0.6) is 5.75 Å². The van der Waals surface area contributed by atoms with E-state index in [0.29, 0.717) is 30.3 Å². The molecule has 0 aromatic heterocycles. The summed E-state index contributed by atoms with van der Waals surface area (Å²) >= 11 is 0. The number of nitrogens with one attached hydrogen (secondary N) is 2. The molecule has 1 heterocycles. The zero-order valence-electron chi connectivity index (χ0n) is 12.0. The minimum Gasteiger partial charge on any atom is -0.479 e. The summed E-state index contributed by atoms with van der Waals surface area (Å²) in [6, 6.07) is 5.05. The molecule has 0 fully saturated rings. The number of hydrogen-bond donors (Lipinski definition) is 2. The van der Waals surface area contributed by atoms with Gasteiger partial charge in [0, 0.05) is 12.8 Å². The van der Waals surface area contributed by atoms with E-state index in [1.165, 1.54) is 0 Å². The van der Waals surface area contributed by atoms with Gasteiger partial charge in [-0.3, -0.25) is 9.59 Å². The first kappa shape index (κ1) is 15.3. The lowest BCUT2D eigenvalue weighted by molar-refractivity contribution is -0.122. The first-order valence-corrected chi connectivity index (χ1v) is 6.58. The van der Waals surface area contributed by atoms with Gasteiger partial charge < -0.3 is 24.8 Å². The zero-order chi connectivity index (χ0) is 15.2. The van der Waals surface area contributed by atoms with Crippen molar-refractivity contribution in [1.29, 1.82) is 0 Å². The summed E-state index contributed by atoms with van der Waals surface area (Å²) < 4.78 is 15.4. The third-order valence-electron chi connectivity index (χ3n) is 2.86. The molecule has 1 aromatic rings. The highest BCUT2D eigenvalue weighted by Gasteiger charge is 2.23. The van der Waals surface area contributed by atoms with Crippen molar-refractivity contribution in [3.05, 3.63) is 18.2 Å². The van der Waals surface area contributed by atoms with Crippen LogP contribution in [0.15, 0.2) is 18.2 Å². The molecule has 0 saturated carbocycles. The Morgan fingerprint density at radius 2 is 2.24 bits per heavy atom. The fraction of sp³-hybridized carbons (Fsp3) is 0.429. The van der Waals surface area contributed by atoms with E-state index in [-0.39, 0.29) is 18.4 Å². The molecule has 0 unspecified atom stereocenters. The van der Waals surface area contributed by atoms with E-state index in [4.69, 9.17) is 14.2 Å². The van der Waals surface area contributed by atoms with Crippen LogP contribution >= 0.6 is 0 Å². The molecule has 7 nitrogen and oxygen atoms in total. The standard InChI is InChI=1S/C14H18N2O5/c1-9-14(18)16-11-7-10(3-4-12(11)21-9)15-13(17)8-20-6-5-19-2/h3-4,7,9H,5-6,8H2,1-2H3,(H,15,17)(H,16,18)/t9-/m1/s1. The molecule has 1 aliphatic rings. The maximum absolute atomic E-state index is 11.7. The van der Waals surface area contributed by atoms with Crippen molar-refractivity contribution >= 4 is 23.2 Å². The maximum Gasteiger partial charge on any atom is 0.265 e. The number of carbonyl (C=O) groups is 2. The summed E-state index contributed by atoms with van der Waals surface area (Å²) in [5, 5.41) is 5.40. The molecule has 1 aliphatic heterocycles. The van der Waals surface area contributed by atoms with E-state index < -0.39 is 6.10 Å². The van der Waals surface area contributed by atoms with Crippen molar-refractivity contribution < 1.29 is 23.8 Å². The number of hydrogen-bond acceptors (Lipinski definition) is 5. The molecule has 21 heavy (non-hydrogen) atoms. The third-order valence-corrected chi connectivity index (χ3v) is 2.86. The van der Waals surface area contributed by atoms with E-state index in [1.54, 1.807) is 32.2 Å². The van der Waals surface area contributed by atoms with Crippen LogP contribution in [-0.2, 0) is 19.1 Å². The SMILES string of the molecule is COCCOCC(=O)Nc1ccc2c(c1)NC(=O)[C@@H](C)O2. The average molecular weight is 294 g/mol. The Morgan fingerprint density at radius 1 is 1.43 bits per heavy atom. The fourth-order valence-corrected chi connectivity index (χ4v) is 1.79. The summed E-state index contributed by atoms with van der Waals surface area (Å²) in [4.78, 5) is 23.2. The van der Waals surface area contributed by atoms with Crippen LogP contribution in [0, 0.1) is 0 Å². The molecular formula is C14H18N2O5. The van der Waals surface area contributed by atoms with Crippen molar-refractivity contribution in [3.63, 3.8) is 0 Å². The predicted octanol–water partition coefficient (Wildman–Crippen LogP) is 1.01. The van der Waals surface area contributed by atoms with E-state index >= 15 is 0 Å². The average Bonchev–Trinajstić information content (AvgIpc) is 2.45. The Labute approximate surface area is 122 Å². The Kier molecular flexibility index (Phi) is 5.13. The molecule has 2 rings (SSSR count). The molecule has 0 saturated heterocycles. The van der Waals surface area contributed by atoms with Crippen LogP contribution in [0.25, 0.3) is 0 Å². The summed E-state index contributed by atoms with van der Waals surface area (Å²) in [6.45, 7) is 2.41. The number of carbonyl (C=O) groups excluding carboxylic acids is 2. The van der Waals surface area contributed by atoms with Gasteiger partial charge in [-0.05, 0) is 25.1 Å². The molecular weight excluding hydrogens is 276 g/mol. The van der Waals surface area contributed by atoms with Crippen molar-refractivity contribution in [2.24, 2.45) is 0 Å². The van der Waals surface area contributed by atoms with Gasteiger partial charge in [-0.25, -0.2) is 0 Å². The summed E-state index contributed by atoms with van der Waals surface area (Å²) in [6.07, 6.45) is -0.521. The lowest BCUT2D eigenvalue weighted by Crippen LogP contribution is -2.34. The Morgan fingerprint density at radius 3 is 3.00 bits per heavy atom. The monoisotopic (exact) mass is 294 g/mol. The third kappa shape index (κ3) is 4.17. The highest BCUT2D eigenvalue weighted by molar-refractivity contribution is 5.99.